The van der Waals surface area contributed by atoms with Crippen LogP contribution in [-0.4, -0.2) is 68.2 Å². The third-order valence-electron chi connectivity index (χ3n) is 5.04. The molecule has 7 nitrogen and oxygen atoms in total. The van der Waals surface area contributed by atoms with Gasteiger partial charge in [-0.25, -0.2) is 4.99 Å². The highest BCUT2D eigenvalue weighted by molar-refractivity contribution is 5.94. The van der Waals surface area contributed by atoms with Crippen LogP contribution in [0.3, 0.4) is 0 Å². The smallest absolute Gasteiger partial charge is 0.251 e. The number of morpholine rings is 1. The van der Waals surface area contributed by atoms with E-state index in [-0.39, 0.29) is 11.4 Å². The zero-order chi connectivity index (χ0) is 21.1. The fraction of sp³-hybridized carbons (Fsp3) is 0.636. The maximum atomic E-state index is 12.2. The van der Waals surface area contributed by atoms with Crippen LogP contribution in [0.4, 0.5) is 0 Å². The van der Waals surface area contributed by atoms with E-state index in [1.54, 1.807) is 0 Å². The lowest BCUT2D eigenvalue weighted by Gasteiger charge is -2.41. The summed E-state index contributed by atoms with van der Waals surface area (Å²) in [6.45, 7) is 14.9. The molecule has 1 amide bonds. The number of hydrogen-bond donors (Lipinski definition) is 3. The highest BCUT2D eigenvalue weighted by Crippen LogP contribution is 2.15. The zero-order valence-corrected chi connectivity index (χ0v) is 18.4. The number of carbonyl (C=O) groups is 1. The molecule has 2 rings (SSSR count). The average Bonchev–Trinajstić information content (AvgIpc) is 2.75. The van der Waals surface area contributed by atoms with E-state index in [4.69, 9.17) is 9.73 Å². The molecular weight excluding hydrogens is 366 g/mol. The number of rotatable bonds is 9. The van der Waals surface area contributed by atoms with E-state index in [1.165, 1.54) is 0 Å². The normalized spacial score (nSPS) is 15.8. The Labute approximate surface area is 175 Å². The predicted molar refractivity (Wildman–Crippen MR) is 118 cm³/mol. The molecule has 0 atom stereocenters. The molecule has 29 heavy (non-hydrogen) atoms. The first-order valence-electron chi connectivity index (χ1n) is 10.7. The number of amides is 1. The number of carbonyl (C=O) groups excluding carboxylic acids is 1. The van der Waals surface area contributed by atoms with E-state index in [0.717, 1.165) is 57.3 Å². The van der Waals surface area contributed by atoms with Gasteiger partial charge in [-0.05, 0) is 44.9 Å². The van der Waals surface area contributed by atoms with E-state index in [0.29, 0.717) is 18.7 Å². The maximum Gasteiger partial charge on any atom is 0.251 e. The molecule has 0 spiro atoms. The Morgan fingerprint density at radius 2 is 1.93 bits per heavy atom. The summed E-state index contributed by atoms with van der Waals surface area (Å²) in [6.07, 6.45) is 0.925. The molecule has 162 valence electrons. The minimum absolute atomic E-state index is 0.0112. The third-order valence-corrected chi connectivity index (χ3v) is 5.04. The molecule has 1 saturated heterocycles. The van der Waals surface area contributed by atoms with Crippen molar-refractivity contribution >= 4 is 11.9 Å². The second-order valence-electron chi connectivity index (χ2n) is 7.92. The lowest BCUT2D eigenvalue weighted by Crippen LogP contribution is -2.56. The van der Waals surface area contributed by atoms with Crippen LogP contribution < -0.4 is 16.0 Å². The summed E-state index contributed by atoms with van der Waals surface area (Å²) in [5.74, 6) is 0.754. The molecular formula is C22H37N5O2. The number of guanidine groups is 1. The van der Waals surface area contributed by atoms with Gasteiger partial charge in [-0.15, -0.1) is 0 Å². The monoisotopic (exact) mass is 403 g/mol. The van der Waals surface area contributed by atoms with Gasteiger partial charge in [0.1, 0.15) is 0 Å². The molecule has 0 unspecified atom stereocenters. The van der Waals surface area contributed by atoms with Gasteiger partial charge in [-0.3, -0.25) is 9.69 Å². The number of aliphatic imine (C=N–C) groups is 1. The van der Waals surface area contributed by atoms with Crippen LogP contribution in [0.25, 0.3) is 0 Å². The highest BCUT2D eigenvalue weighted by atomic mass is 16.5. The highest BCUT2D eigenvalue weighted by Gasteiger charge is 2.28. The molecule has 3 N–H and O–H groups in total. The molecule has 0 radical (unpaired) electrons. The minimum atomic E-state index is -0.0324. The SMILES string of the molecule is CCCNC(=O)c1cccc(CN=C(NCC)NCC(C)(C)N2CCOCC2)c1. The summed E-state index contributed by atoms with van der Waals surface area (Å²) in [4.78, 5) is 19.3. The quantitative estimate of drug-likeness (QED) is 0.434. The summed E-state index contributed by atoms with van der Waals surface area (Å²) >= 11 is 0. The zero-order valence-electron chi connectivity index (χ0n) is 18.4. The van der Waals surface area contributed by atoms with E-state index in [1.807, 2.05) is 31.2 Å². The Morgan fingerprint density at radius 1 is 1.17 bits per heavy atom. The first-order chi connectivity index (χ1) is 14.0. The van der Waals surface area contributed by atoms with Gasteiger partial charge in [0.2, 0.25) is 0 Å². The van der Waals surface area contributed by atoms with Gasteiger partial charge in [-0.1, -0.05) is 19.1 Å². The van der Waals surface area contributed by atoms with Crippen molar-refractivity contribution in [3.8, 4) is 0 Å². The van der Waals surface area contributed by atoms with Crippen LogP contribution in [0.15, 0.2) is 29.3 Å². The van der Waals surface area contributed by atoms with Crippen molar-refractivity contribution < 1.29 is 9.53 Å². The van der Waals surface area contributed by atoms with Gasteiger partial charge in [-0.2, -0.15) is 0 Å². The second kappa shape index (κ2) is 11.8. The Kier molecular flexibility index (Phi) is 9.41. The number of hydrogen-bond acceptors (Lipinski definition) is 4. The van der Waals surface area contributed by atoms with Gasteiger partial charge in [0.05, 0.1) is 19.8 Å². The summed E-state index contributed by atoms with van der Waals surface area (Å²) in [7, 11) is 0. The summed E-state index contributed by atoms with van der Waals surface area (Å²) in [5, 5.41) is 9.70. The largest absolute Gasteiger partial charge is 0.379 e. The van der Waals surface area contributed by atoms with Crippen LogP contribution in [0.2, 0.25) is 0 Å². The van der Waals surface area contributed by atoms with Crippen molar-refractivity contribution in [1.82, 2.24) is 20.9 Å². The molecule has 0 bridgehead atoms. The molecule has 1 aromatic carbocycles. The van der Waals surface area contributed by atoms with E-state index in [9.17, 15) is 4.79 Å². The summed E-state index contributed by atoms with van der Waals surface area (Å²) in [5.41, 5.74) is 1.70. The van der Waals surface area contributed by atoms with E-state index >= 15 is 0 Å². The van der Waals surface area contributed by atoms with Crippen molar-refractivity contribution in [2.24, 2.45) is 4.99 Å². The number of nitrogens with zero attached hydrogens (tertiary/aromatic N) is 2. The molecule has 1 fully saturated rings. The van der Waals surface area contributed by atoms with Crippen molar-refractivity contribution in [2.45, 2.75) is 46.2 Å². The van der Waals surface area contributed by atoms with Crippen molar-refractivity contribution in [1.29, 1.82) is 0 Å². The predicted octanol–water partition coefficient (Wildman–Crippen LogP) is 1.99. The van der Waals surface area contributed by atoms with Crippen LogP contribution in [-0.2, 0) is 11.3 Å². The second-order valence-corrected chi connectivity index (χ2v) is 7.92. The molecule has 0 aliphatic carbocycles. The number of benzene rings is 1. The van der Waals surface area contributed by atoms with Crippen LogP contribution >= 0.6 is 0 Å². The minimum Gasteiger partial charge on any atom is -0.379 e. The van der Waals surface area contributed by atoms with Crippen LogP contribution in [0.5, 0.6) is 0 Å². The number of nitrogens with one attached hydrogen (secondary N) is 3. The lowest BCUT2D eigenvalue weighted by molar-refractivity contribution is -0.00834. The summed E-state index contributed by atoms with van der Waals surface area (Å²) < 4.78 is 5.47. The first kappa shape index (κ1) is 23.2. The molecule has 1 aromatic rings. The lowest BCUT2D eigenvalue weighted by atomic mass is 10.0. The Morgan fingerprint density at radius 3 is 2.62 bits per heavy atom. The van der Waals surface area contributed by atoms with Gasteiger partial charge in [0.25, 0.3) is 5.91 Å². The first-order valence-corrected chi connectivity index (χ1v) is 10.7. The van der Waals surface area contributed by atoms with E-state index < -0.39 is 0 Å². The van der Waals surface area contributed by atoms with E-state index in [2.05, 4.69) is 41.6 Å². The maximum absolute atomic E-state index is 12.2. The topological polar surface area (TPSA) is 78.0 Å². The molecule has 1 aliphatic heterocycles. The Balaban J connectivity index is 1.97. The number of ether oxygens (including phenoxy) is 1. The van der Waals surface area contributed by atoms with Gasteiger partial charge < -0.3 is 20.7 Å². The molecule has 1 heterocycles. The standard InChI is InChI=1S/C22H37N5O2/c1-5-10-24-20(28)19-9-7-8-18(15-19)16-25-21(23-6-2)26-17-22(3,4)27-11-13-29-14-12-27/h7-9,15H,5-6,10-14,16-17H2,1-4H3,(H,24,28)(H2,23,25,26). The van der Waals surface area contributed by atoms with Crippen LogP contribution in [0.1, 0.15) is 50.0 Å². The van der Waals surface area contributed by atoms with Gasteiger partial charge in [0.15, 0.2) is 5.96 Å². The van der Waals surface area contributed by atoms with Crippen molar-refractivity contribution in [3.05, 3.63) is 35.4 Å². The Hall–Kier alpha value is -2.12. The fourth-order valence-corrected chi connectivity index (χ4v) is 3.24. The van der Waals surface area contributed by atoms with Crippen molar-refractivity contribution in [3.63, 3.8) is 0 Å². The van der Waals surface area contributed by atoms with Gasteiger partial charge in [0, 0.05) is 43.8 Å². The van der Waals surface area contributed by atoms with Crippen LogP contribution in [0, 0.1) is 0 Å². The van der Waals surface area contributed by atoms with Crippen molar-refractivity contribution in [2.75, 3.05) is 45.9 Å². The summed E-state index contributed by atoms with van der Waals surface area (Å²) in [6, 6.07) is 7.66. The average molecular weight is 404 g/mol. The molecule has 1 aliphatic rings. The molecule has 7 heteroatoms. The third kappa shape index (κ3) is 7.66. The fourth-order valence-electron chi connectivity index (χ4n) is 3.24. The van der Waals surface area contributed by atoms with Gasteiger partial charge >= 0.3 is 0 Å². The molecule has 0 aromatic heterocycles. The Bertz CT molecular complexity index is 669. The molecule has 0 saturated carbocycles.